The number of nitrogens with zero attached hydrogens (tertiary/aromatic N) is 1. The van der Waals surface area contributed by atoms with E-state index in [0.717, 1.165) is 37.2 Å². The molecule has 3 rings (SSSR count). The molecule has 94 valence electrons. The number of hydrogen-bond acceptors (Lipinski definition) is 2. The Morgan fingerprint density at radius 1 is 1.33 bits per heavy atom. The molecule has 1 aromatic rings. The van der Waals surface area contributed by atoms with Crippen LogP contribution in [0.5, 0.6) is 0 Å². The molecule has 0 bridgehead atoms. The molecule has 1 N–H and O–H groups in total. The van der Waals surface area contributed by atoms with Crippen molar-refractivity contribution in [2.24, 2.45) is 5.92 Å². The molecule has 0 radical (unpaired) electrons. The molecule has 1 aliphatic carbocycles. The lowest BCUT2D eigenvalue weighted by atomic mass is 10.1. The molecule has 0 unspecified atom stereocenters. The van der Waals surface area contributed by atoms with Crippen molar-refractivity contribution in [1.82, 2.24) is 0 Å². The summed E-state index contributed by atoms with van der Waals surface area (Å²) in [5.41, 5.74) is 2.92. The van der Waals surface area contributed by atoms with E-state index in [4.69, 9.17) is 0 Å². The van der Waals surface area contributed by atoms with Gasteiger partial charge in [0.15, 0.2) is 0 Å². The van der Waals surface area contributed by atoms with Gasteiger partial charge in [-0.15, -0.1) is 0 Å². The van der Waals surface area contributed by atoms with Gasteiger partial charge in [-0.2, -0.15) is 0 Å². The zero-order valence-corrected chi connectivity index (χ0v) is 10.4. The Balaban J connectivity index is 1.88. The van der Waals surface area contributed by atoms with Crippen LogP contribution in [0.3, 0.4) is 0 Å². The van der Waals surface area contributed by atoms with Gasteiger partial charge in [-0.05, 0) is 37.0 Å². The molecule has 2 aliphatic rings. The Morgan fingerprint density at radius 2 is 2.11 bits per heavy atom. The molecule has 1 heterocycles. The summed E-state index contributed by atoms with van der Waals surface area (Å²) in [7, 11) is 0. The molecule has 0 atom stereocenters. The number of carbonyl (C=O) groups is 2. The predicted octanol–water partition coefficient (Wildman–Crippen LogP) is 1.94. The third-order valence-electron chi connectivity index (χ3n) is 3.49. The first-order valence-electron chi connectivity index (χ1n) is 6.37. The van der Waals surface area contributed by atoms with Gasteiger partial charge in [0.2, 0.25) is 11.8 Å². The van der Waals surface area contributed by atoms with Crippen molar-refractivity contribution in [3.05, 3.63) is 23.8 Å². The van der Waals surface area contributed by atoms with E-state index < -0.39 is 0 Å². The number of nitrogens with one attached hydrogen (secondary N) is 1. The number of fused-ring (bicyclic) bond motifs is 1. The molecule has 1 aromatic carbocycles. The van der Waals surface area contributed by atoms with E-state index in [-0.39, 0.29) is 17.7 Å². The third kappa shape index (κ3) is 1.98. The number of amides is 2. The van der Waals surface area contributed by atoms with Gasteiger partial charge in [0.25, 0.3) is 0 Å². The molecule has 1 saturated carbocycles. The predicted molar refractivity (Wildman–Crippen MR) is 69.5 cm³/mol. The standard InChI is InChI=1S/C14H16N2O2/c1-9(17)15-12-5-4-10-6-7-16(13(10)8-12)14(18)11-2-3-11/h4-5,8,11H,2-3,6-7H2,1H3,(H,15,17). The van der Waals surface area contributed by atoms with E-state index in [0.29, 0.717) is 0 Å². The molecule has 2 amide bonds. The summed E-state index contributed by atoms with van der Waals surface area (Å²) < 4.78 is 0. The summed E-state index contributed by atoms with van der Waals surface area (Å²) >= 11 is 0. The van der Waals surface area contributed by atoms with Gasteiger partial charge >= 0.3 is 0 Å². The first-order chi connectivity index (χ1) is 8.65. The van der Waals surface area contributed by atoms with Crippen LogP contribution in [0.4, 0.5) is 11.4 Å². The number of rotatable bonds is 2. The highest BCUT2D eigenvalue weighted by atomic mass is 16.2. The third-order valence-corrected chi connectivity index (χ3v) is 3.49. The number of hydrogen-bond donors (Lipinski definition) is 1. The van der Waals surface area contributed by atoms with Crippen molar-refractivity contribution in [1.29, 1.82) is 0 Å². The van der Waals surface area contributed by atoms with Crippen LogP contribution in [0.25, 0.3) is 0 Å². The summed E-state index contributed by atoms with van der Waals surface area (Å²) in [5, 5.41) is 2.76. The lowest BCUT2D eigenvalue weighted by Gasteiger charge is -2.17. The van der Waals surface area contributed by atoms with E-state index in [9.17, 15) is 9.59 Å². The zero-order valence-electron chi connectivity index (χ0n) is 10.4. The highest BCUT2D eigenvalue weighted by molar-refractivity contribution is 5.99. The van der Waals surface area contributed by atoms with Gasteiger partial charge in [0, 0.05) is 30.8 Å². The van der Waals surface area contributed by atoms with E-state index in [1.165, 1.54) is 12.5 Å². The van der Waals surface area contributed by atoms with Crippen molar-refractivity contribution in [2.75, 3.05) is 16.8 Å². The molecule has 0 saturated heterocycles. The fourth-order valence-electron chi connectivity index (χ4n) is 2.44. The SMILES string of the molecule is CC(=O)Nc1ccc2c(c1)N(C(=O)C1CC1)CC2. The van der Waals surface area contributed by atoms with Crippen LogP contribution < -0.4 is 10.2 Å². The molecular formula is C14H16N2O2. The summed E-state index contributed by atoms with van der Waals surface area (Å²) in [5.74, 6) is 0.391. The second-order valence-corrected chi connectivity index (χ2v) is 5.04. The topological polar surface area (TPSA) is 49.4 Å². The van der Waals surface area contributed by atoms with Gasteiger partial charge in [-0.25, -0.2) is 0 Å². The Kier molecular flexibility index (Phi) is 2.58. The first kappa shape index (κ1) is 11.3. The minimum Gasteiger partial charge on any atom is -0.326 e. The summed E-state index contributed by atoms with van der Waals surface area (Å²) in [6, 6.07) is 5.80. The lowest BCUT2D eigenvalue weighted by molar-refractivity contribution is -0.119. The maximum absolute atomic E-state index is 12.1. The van der Waals surface area contributed by atoms with Crippen LogP contribution in [0.2, 0.25) is 0 Å². The summed E-state index contributed by atoms with van der Waals surface area (Å²) in [6.07, 6.45) is 2.96. The second-order valence-electron chi connectivity index (χ2n) is 5.04. The van der Waals surface area contributed by atoms with E-state index in [1.807, 2.05) is 23.1 Å². The van der Waals surface area contributed by atoms with Crippen molar-refractivity contribution in [3.63, 3.8) is 0 Å². The quantitative estimate of drug-likeness (QED) is 0.864. The fraction of sp³-hybridized carbons (Fsp3) is 0.429. The smallest absolute Gasteiger partial charge is 0.230 e. The average molecular weight is 244 g/mol. The Hall–Kier alpha value is -1.84. The fourth-order valence-corrected chi connectivity index (χ4v) is 2.44. The average Bonchev–Trinajstić information content (AvgIpc) is 3.08. The van der Waals surface area contributed by atoms with Gasteiger partial charge in [-0.1, -0.05) is 6.07 Å². The normalized spacial score (nSPS) is 17.5. The van der Waals surface area contributed by atoms with Crippen LogP contribution >= 0.6 is 0 Å². The maximum Gasteiger partial charge on any atom is 0.230 e. The number of benzene rings is 1. The minimum absolute atomic E-state index is 0.0898. The highest BCUT2D eigenvalue weighted by Gasteiger charge is 2.36. The number of carbonyl (C=O) groups excluding carboxylic acids is 2. The molecule has 0 spiro atoms. The van der Waals surface area contributed by atoms with E-state index >= 15 is 0 Å². The van der Waals surface area contributed by atoms with E-state index in [2.05, 4.69) is 5.32 Å². The van der Waals surface area contributed by atoms with Gasteiger partial charge < -0.3 is 10.2 Å². The molecule has 4 heteroatoms. The number of anilines is 2. The highest BCUT2D eigenvalue weighted by Crippen LogP contribution is 2.37. The molecule has 18 heavy (non-hydrogen) atoms. The molecule has 1 fully saturated rings. The van der Waals surface area contributed by atoms with Gasteiger partial charge in [0.05, 0.1) is 0 Å². The monoisotopic (exact) mass is 244 g/mol. The lowest BCUT2D eigenvalue weighted by Crippen LogP contribution is -2.30. The minimum atomic E-state index is -0.0898. The zero-order chi connectivity index (χ0) is 12.7. The first-order valence-corrected chi connectivity index (χ1v) is 6.37. The molecule has 1 aliphatic heterocycles. The molecule has 0 aromatic heterocycles. The summed E-state index contributed by atoms with van der Waals surface area (Å²) in [6.45, 7) is 2.26. The van der Waals surface area contributed by atoms with Crippen molar-refractivity contribution >= 4 is 23.2 Å². The van der Waals surface area contributed by atoms with Gasteiger partial charge in [-0.3, -0.25) is 9.59 Å². The van der Waals surface area contributed by atoms with Crippen molar-refractivity contribution in [3.8, 4) is 0 Å². The van der Waals surface area contributed by atoms with Crippen molar-refractivity contribution < 1.29 is 9.59 Å². The summed E-state index contributed by atoms with van der Waals surface area (Å²) in [4.78, 5) is 25.1. The molecular weight excluding hydrogens is 228 g/mol. The Bertz CT molecular complexity index is 521. The Morgan fingerprint density at radius 3 is 2.78 bits per heavy atom. The van der Waals surface area contributed by atoms with Crippen LogP contribution in [-0.2, 0) is 16.0 Å². The second kappa shape index (κ2) is 4.12. The van der Waals surface area contributed by atoms with Crippen LogP contribution in [0, 0.1) is 5.92 Å². The van der Waals surface area contributed by atoms with Crippen LogP contribution in [0.15, 0.2) is 18.2 Å². The van der Waals surface area contributed by atoms with Crippen LogP contribution in [-0.4, -0.2) is 18.4 Å². The van der Waals surface area contributed by atoms with E-state index in [1.54, 1.807) is 0 Å². The largest absolute Gasteiger partial charge is 0.326 e. The van der Waals surface area contributed by atoms with Crippen molar-refractivity contribution in [2.45, 2.75) is 26.2 Å². The maximum atomic E-state index is 12.1. The Labute approximate surface area is 106 Å². The van der Waals surface area contributed by atoms with Gasteiger partial charge in [0.1, 0.15) is 0 Å². The molecule has 4 nitrogen and oxygen atoms in total. The van der Waals surface area contributed by atoms with Crippen LogP contribution in [0.1, 0.15) is 25.3 Å².